The van der Waals surface area contributed by atoms with Crippen LogP contribution in [0.15, 0.2) is 36.5 Å². The lowest BCUT2D eigenvalue weighted by Crippen LogP contribution is -2.45. The zero-order chi connectivity index (χ0) is 16.8. The van der Waals surface area contributed by atoms with Gasteiger partial charge in [-0.2, -0.15) is 0 Å². The number of aromatic nitrogens is 2. The molecule has 0 aliphatic heterocycles. The number of aromatic amines is 1. The van der Waals surface area contributed by atoms with E-state index in [0.29, 0.717) is 11.5 Å². The number of imidazole rings is 1. The van der Waals surface area contributed by atoms with Crippen molar-refractivity contribution in [2.24, 2.45) is 5.92 Å². The monoisotopic (exact) mass is 315 g/mol. The average molecular weight is 315 g/mol. The van der Waals surface area contributed by atoms with E-state index in [1.807, 2.05) is 44.2 Å². The SMILES string of the molecule is CC[C@H](C)[C@H](NC(=O)c1cnc(-c2ccccc2)[nH]1)C(=O)OC. The molecule has 0 saturated heterocycles. The van der Waals surface area contributed by atoms with Crippen LogP contribution in [0.1, 0.15) is 30.8 Å². The van der Waals surface area contributed by atoms with Gasteiger partial charge in [0.05, 0.1) is 13.3 Å². The quantitative estimate of drug-likeness (QED) is 0.802. The van der Waals surface area contributed by atoms with Crippen molar-refractivity contribution in [3.63, 3.8) is 0 Å². The molecular weight excluding hydrogens is 294 g/mol. The predicted molar refractivity (Wildman–Crippen MR) is 86.7 cm³/mol. The first-order chi connectivity index (χ1) is 11.1. The van der Waals surface area contributed by atoms with Crippen LogP contribution in [0.4, 0.5) is 0 Å². The lowest BCUT2D eigenvalue weighted by Gasteiger charge is -2.21. The average Bonchev–Trinajstić information content (AvgIpc) is 3.09. The number of hydrogen-bond acceptors (Lipinski definition) is 4. The van der Waals surface area contributed by atoms with Gasteiger partial charge in [-0.3, -0.25) is 4.79 Å². The number of hydrogen-bond donors (Lipinski definition) is 2. The first-order valence-electron chi connectivity index (χ1n) is 7.56. The summed E-state index contributed by atoms with van der Waals surface area (Å²) in [6.07, 6.45) is 2.21. The summed E-state index contributed by atoms with van der Waals surface area (Å²) in [5.74, 6) is -0.247. The second-order valence-corrected chi connectivity index (χ2v) is 5.37. The number of amides is 1. The van der Waals surface area contributed by atoms with Crippen molar-refractivity contribution in [3.05, 3.63) is 42.2 Å². The van der Waals surface area contributed by atoms with Gasteiger partial charge in [0, 0.05) is 5.56 Å². The third-order valence-electron chi connectivity index (χ3n) is 3.82. The Morgan fingerprint density at radius 2 is 2.00 bits per heavy atom. The molecule has 0 aliphatic rings. The maximum atomic E-state index is 12.4. The summed E-state index contributed by atoms with van der Waals surface area (Å²) in [4.78, 5) is 31.4. The fourth-order valence-corrected chi connectivity index (χ4v) is 2.19. The van der Waals surface area contributed by atoms with E-state index in [1.54, 1.807) is 0 Å². The number of H-pyrrole nitrogens is 1. The molecule has 0 bridgehead atoms. The molecule has 2 N–H and O–H groups in total. The Kier molecular flexibility index (Phi) is 5.51. The lowest BCUT2D eigenvalue weighted by molar-refractivity contribution is -0.144. The fraction of sp³-hybridized carbons (Fsp3) is 0.353. The molecule has 122 valence electrons. The molecule has 1 heterocycles. The smallest absolute Gasteiger partial charge is 0.328 e. The van der Waals surface area contributed by atoms with E-state index in [4.69, 9.17) is 4.74 Å². The molecule has 0 saturated carbocycles. The molecule has 0 radical (unpaired) electrons. The molecule has 2 aromatic rings. The number of ether oxygens (including phenoxy) is 1. The van der Waals surface area contributed by atoms with Crippen molar-refractivity contribution < 1.29 is 14.3 Å². The Labute approximate surface area is 135 Å². The highest BCUT2D eigenvalue weighted by atomic mass is 16.5. The second-order valence-electron chi connectivity index (χ2n) is 5.37. The van der Waals surface area contributed by atoms with Crippen molar-refractivity contribution in [1.82, 2.24) is 15.3 Å². The number of carbonyl (C=O) groups excluding carboxylic acids is 2. The topological polar surface area (TPSA) is 84.1 Å². The van der Waals surface area contributed by atoms with Gasteiger partial charge in [0.2, 0.25) is 0 Å². The van der Waals surface area contributed by atoms with E-state index in [9.17, 15) is 9.59 Å². The van der Waals surface area contributed by atoms with E-state index in [0.717, 1.165) is 12.0 Å². The summed E-state index contributed by atoms with van der Waals surface area (Å²) >= 11 is 0. The first-order valence-corrected chi connectivity index (χ1v) is 7.56. The van der Waals surface area contributed by atoms with Crippen LogP contribution in [0, 0.1) is 5.92 Å². The summed E-state index contributed by atoms with van der Waals surface area (Å²) < 4.78 is 4.77. The highest BCUT2D eigenvalue weighted by Gasteiger charge is 2.27. The van der Waals surface area contributed by atoms with Gasteiger partial charge in [-0.25, -0.2) is 9.78 Å². The number of benzene rings is 1. The molecule has 1 amide bonds. The highest BCUT2D eigenvalue weighted by molar-refractivity contribution is 5.95. The largest absolute Gasteiger partial charge is 0.467 e. The zero-order valence-electron chi connectivity index (χ0n) is 13.5. The van der Waals surface area contributed by atoms with Crippen molar-refractivity contribution in [2.75, 3.05) is 7.11 Å². The van der Waals surface area contributed by atoms with Gasteiger partial charge in [0.15, 0.2) is 0 Å². The zero-order valence-corrected chi connectivity index (χ0v) is 13.5. The summed E-state index contributed by atoms with van der Waals surface area (Å²) in [5.41, 5.74) is 1.19. The van der Waals surface area contributed by atoms with E-state index in [2.05, 4.69) is 15.3 Å². The minimum atomic E-state index is -0.680. The molecule has 1 aromatic heterocycles. The van der Waals surface area contributed by atoms with Crippen LogP contribution in [0.2, 0.25) is 0 Å². The first kappa shape index (κ1) is 16.7. The van der Waals surface area contributed by atoms with Gasteiger partial charge in [-0.15, -0.1) is 0 Å². The molecule has 6 nitrogen and oxygen atoms in total. The summed E-state index contributed by atoms with van der Waals surface area (Å²) in [6, 6.07) is 8.82. The van der Waals surface area contributed by atoms with E-state index < -0.39 is 12.0 Å². The Balaban J connectivity index is 2.14. The normalized spacial score (nSPS) is 13.2. The molecule has 0 aliphatic carbocycles. The van der Waals surface area contributed by atoms with E-state index >= 15 is 0 Å². The number of nitrogens with zero attached hydrogens (tertiary/aromatic N) is 1. The molecule has 6 heteroatoms. The number of methoxy groups -OCH3 is 1. The van der Waals surface area contributed by atoms with Gasteiger partial charge >= 0.3 is 5.97 Å². The van der Waals surface area contributed by atoms with Crippen molar-refractivity contribution >= 4 is 11.9 Å². The number of esters is 1. The van der Waals surface area contributed by atoms with Crippen LogP contribution >= 0.6 is 0 Å². The number of rotatable bonds is 6. The van der Waals surface area contributed by atoms with E-state index in [1.165, 1.54) is 13.3 Å². The van der Waals surface area contributed by atoms with Crippen LogP contribution < -0.4 is 5.32 Å². The second kappa shape index (κ2) is 7.58. The van der Waals surface area contributed by atoms with Crippen molar-refractivity contribution in [3.8, 4) is 11.4 Å². The minimum Gasteiger partial charge on any atom is -0.467 e. The summed E-state index contributed by atoms with van der Waals surface area (Å²) in [6.45, 7) is 3.85. The maximum Gasteiger partial charge on any atom is 0.328 e. The van der Waals surface area contributed by atoms with Crippen LogP contribution in [-0.4, -0.2) is 35.0 Å². The van der Waals surface area contributed by atoms with Crippen LogP contribution in [0.25, 0.3) is 11.4 Å². The molecule has 0 unspecified atom stereocenters. The van der Waals surface area contributed by atoms with Gasteiger partial charge in [-0.1, -0.05) is 50.6 Å². The third-order valence-corrected chi connectivity index (χ3v) is 3.82. The van der Waals surface area contributed by atoms with Crippen LogP contribution in [-0.2, 0) is 9.53 Å². The molecule has 0 spiro atoms. The van der Waals surface area contributed by atoms with Gasteiger partial charge in [-0.05, 0) is 5.92 Å². The Hall–Kier alpha value is -2.63. The fourth-order valence-electron chi connectivity index (χ4n) is 2.19. The van der Waals surface area contributed by atoms with Crippen molar-refractivity contribution in [1.29, 1.82) is 0 Å². The van der Waals surface area contributed by atoms with Crippen LogP contribution in [0.5, 0.6) is 0 Å². The summed E-state index contributed by atoms with van der Waals surface area (Å²) in [7, 11) is 1.31. The number of carbonyl (C=O) groups is 2. The molecule has 0 fully saturated rings. The predicted octanol–water partition coefficient (Wildman–Crippen LogP) is 2.39. The van der Waals surface area contributed by atoms with Gasteiger partial charge < -0.3 is 15.0 Å². The van der Waals surface area contributed by atoms with E-state index in [-0.39, 0.29) is 11.8 Å². The summed E-state index contributed by atoms with van der Waals surface area (Å²) in [5, 5.41) is 2.71. The molecular formula is C17H21N3O3. The third kappa shape index (κ3) is 3.97. The molecule has 1 aromatic carbocycles. The van der Waals surface area contributed by atoms with Crippen molar-refractivity contribution in [2.45, 2.75) is 26.3 Å². The van der Waals surface area contributed by atoms with Gasteiger partial charge in [0.1, 0.15) is 17.6 Å². The Morgan fingerprint density at radius 3 is 2.61 bits per heavy atom. The lowest BCUT2D eigenvalue weighted by atomic mass is 9.99. The molecule has 2 rings (SSSR count). The van der Waals surface area contributed by atoms with Crippen LogP contribution in [0.3, 0.4) is 0 Å². The molecule has 2 atom stereocenters. The van der Waals surface area contributed by atoms with Gasteiger partial charge in [0.25, 0.3) is 5.91 Å². The molecule has 23 heavy (non-hydrogen) atoms. The standard InChI is InChI=1S/C17H21N3O3/c1-4-11(2)14(17(22)23-3)20-16(21)13-10-18-15(19-13)12-8-6-5-7-9-12/h5-11,14H,4H2,1-3H3,(H,18,19)(H,20,21)/t11-,14-/m0/s1. The highest BCUT2D eigenvalue weighted by Crippen LogP contribution is 2.15. The Morgan fingerprint density at radius 1 is 1.30 bits per heavy atom. The number of nitrogens with one attached hydrogen (secondary N) is 2. The minimum absolute atomic E-state index is 0.0251. The Bertz CT molecular complexity index is 667. The maximum absolute atomic E-state index is 12.4.